The zero-order valence-electron chi connectivity index (χ0n) is 13.4. The number of rotatable bonds is 3. The average Bonchev–Trinajstić information content (AvgIpc) is 2.56. The molecule has 2 aliphatic heterocycles. The Kier molecular flexibility index (Phi) is 4.95. The van der Waals surface area contributed by atoms with Crippen LogP contribution in [0.5, 0.6) is 0 Å². The predicted octanol–water partition coefficient (Wildman–Crippen LogP) is 0.549. The molecular formula is C17H26N4O. The van der Waals surface area contributed by atoms with Crippen LogP contribution in [0.3, 0.4) is 0 Å². The molecule has 22 heavy (non-hydrogen) atoms. The normalized spacial score (nSPS) is 20.2. The van der Waals surface area contributed by atoms with E-state index >= 15 is 0 Å². The summed E-state index contributed by atoms with van der Waals surface area (Å²) in [5, 5.41) is 3.29. The summed E-state index contributed by atoms with van der Waals surface area (Å²) in [5.41, 5.74) is 2.60. The van der Waals surface area contributed by atoms with E-state index in [1.165, 1.54) is 11.3 Å². The topological polar surface area (TPSA) is 38.8 Å². The second-order valence-corrected chi connectivity index (χ2v) is 6.23. The molecule has 120 valence electrons. The van der Waals surface area contributed by atoms with Crippen LogP contribution >= 0.6 is 0 Å². The summed E-state index contributed by atoms with van der Waals surface area (Å²) in [6.45, 7) is 10.2. The summed E-state index contributed by atoms with van der Waals surface area (Å²) in [7, 11) is 0. The number of piperazine rings is 2. The molecule has 0 saturated carbocycles. The molecule has 0 radical (unpaired) electrons. The third kappa shape index (κ3) is 3.78. The molecule has 5 nitrogen and oxygen atoms in total. The van der Waals surface area contributed by atoms with E-state index in [9.17, 15) is 4.79 Å². The molecule has 1 amide bonds. The van der Waals surface area contributed by atoms with Crippen molar-refractivity contribution in [2.24, 2.45) is 0 Å². The number of benzene rings is 1. The zero-order chi connectivity index (χ0) is 15.4. The Hall–Kier alpha value is -1.59. The zero-order valence-corrected chi connectivity index (χ0v) is 13.4. The quantitative estimate of drug-likeness (QED) is 0.885. The van der Waals surface area contributed by atoms with E-state index in [1.54, 1.807) is 0 Å². The molecule has 0 unspecified atom stereocenters. The Morgan fingerprint density at radius 3 is 2.50 bits per heavy atom. The molecule has 3 rings (SSSR count). The van der Waals surface area contributed by atoms with Gasteiger partial charge in [0.1, 0.15) is 0 Å². The summed E-state index contributed by atoms with van der Waals surface area (Å²) in [4.78, 5) is 19.0. The fourth-order valence-electron chi connectivity index (χ4n) is 3.19. The maximum absolute atomic E-state index is 12.3. The lowest BCUT2D eigenvalue weighted by Gasteiger charge is -2.37. The summed E-state index contributed by atoms with van der Waals surface area (Å²) in [6, 6.07) is 8.66. The largest absolute Gasteiger partial charge is 0.369 e. The molecule has 0 atom stereocenters. The van der Waals surface area contributed by atoms with Crippen LogP contribution in [0, 0.1) is 6.92 Å². The van der Waals surface area contributed by atoms with E-state index in [1.807, 2.05) is 4.90 Å². The first-order chi connectivity index (χ1) is 10.7. The van der Waals surface area contributed by atoms with Crippen molar-refractivity contribution >= 4 is 11.6 Å². The van der Waals surface area contributed by atoms with Crippen molar-refractivity contribution in [3.05, 3.63) is 29.8 Å². The van der Waals surface area contributed by atoms with E-state index < -0.39 is 0 Å². The number of nitrogens with one attached hydrogen (secondary N) is 1. The Bertz CT molecular complexity index is 505. The molecule has 1 aromatic carbocycles. The number of hydrogen-bond donors (Lipinski definition) is 1. The highest BCUT2D eigenvalue weighted by molar-refractivity contribution is 5.78. The fraction of sp³-hybridized carbons (Fsp3) is 0.588. The van der Waals surface area contributed by atoms with Gasteiger partial charge in [-0.25, -0.2) is 0 Å². The third-order valence-electron chi connectivity index (χ3n) is 4.57. The van der Waals surface area contributed by atoms with Crippen molar-refractivity contribution in [1.82, 2.24) is 15.1 Å². The van der Waals surface area contributed by atoms with Crippen LogP contribution in [-0.2, 0) is 4.79 Å². The monoisotopic (exact) mass is 302 g/mol. The average molecular weight is 302 g/mol. The maximum Gasteiger partial charge on any atom is 0.236 e. The number of carbonyl (C=O) groups excluding carboxylic acids is 1. The minimum atomic E-state index is 0.283. The van der Waals surface area contributed by atoms with E-state index in [0.29, 0.717) is 6.54 Å². The van der Waals surface area contributed by atoms with Crippen LogP contribution in [0.2, 0.25) is 0 Å². The number of carbonyl (C=O) groups is 1. The van der Waals surface area contributed by atoms with Crippen LogP contribution in [0.15, 0.2) is 24.3 Å². The Morgan fingerprint density at radius 2 is 1.82 bits per heavy atom. The van der Waals surface area contributed by atoms with Gasteiger partial charge >= 0.3 is 0 Å². The first-order valence-electron chi connectivity index (χ1n) is 8.25. The van der Waals surface area contributed by atoms with Gasteiger partial charge in [0.15, 0.2) is 0 Å². The van der Waals surface area contributed by atoms with Crippen molar-refractivity contribution in [2.45, 2.75) is 6.92 Å². The first kappa shape index (κ1) is 15.3. The van der Waals surface area contributed by atoms with Crippen LogP contribution < -0.4 is 10.2 Å². The smallest absolute Gasteiger partial charge is 0.236 e. The molecule has 0 bridgehead atoms. The van der Waals surface area contributed by atoms with E-state index in [0.717, 1.165) is 52.4 Å². The lowest BCUT2D eigenvalue weighted by molar-refractivity contribution is -0.133. The van der Waals surface area contributed by atoms with Crippen molar-refractivity contribution in [2.75, 3.05) is 63.8 Å². The van der Waals surface area contributed by atoms with Crippen molar-refractivity contribution in [1.29, 1.82) is 0 Å². The minimum Gasteiger partial charge on any atom is -0.369 e. The summed E-state index contributed by atoms with van der Waals surface area (Å²) in [6.07, 6.45) is 0. The predicted molar refractivity (Wildman–Crippen MR) is 89.3 cm³/mol. The van der Waals surface area contributed by atoms with Crippen LogP contribution in [0.4, 0.5) is 5.69 Å². The van der Waals surface area contributed by atoms with Gasteiger partial charge in [0.25, 0.3) is 0 Å². The van der Waals surface area contributed by atoms with Gasteiger partial charge in [0, 0.05) is 58.0 Å². The van der Waals surface area contributed by atoms with Gasteiger partial charge in [0.2, 0.25) is 5.91 Å². The van der Waals surface area contributed by atoms with E-state index in [4.69, 9.17) is 0 Å². The highest BCUT2D eigenvalue weighted by Crippen LogP contribution is 2.17. The Balaban J connectivity index is 1.48. The van der Waals surface area contributed by atoms with Gasteiger partial charge in [-0.3, -0.25) is 9.69 Å². The molecule has 2 saturated heterocycles. The first-order valence-corrected chi connectivity index (χ1v) is 8.25. The number of anilines is 1. The second-order valence-electron chi connectivity index (χ2n) is 6.23. The molecular weight excluding hydrogens is 276 g/mol. The van der Waals surface area contributed by atoms with Crippen molar-refractivity contribution in [3.63, 3.8) is 0 Å². The SMILES string of the molecule is Cc1cccc(N2CCN(CC(=O)N3CCNCC3)CC2)c1. The minimum absolute atomic E-state index is 0.283. The Labute approximate surface area is 132 Å². The fourth-order valence-corrected chi connectivity index (χ4v) is 3.19. The van der Waals surface area contributed by atoms with Gasteiger partial charge < -0.3 is 15.1 Å². The molecule has 1 N–H and O–H groups in total. The van der Waals surface area contributed by atoms with Gasteiger partial charge in [-0.2, -0.15) is 0 Å². The highest BCUT2D eigenvalue weighted by atomic mass is 16.2. The number of hydrogen-bond acceptors (Lipinski definition) is 4. The van der Waals surface area contributed by atoms with Crippen molar-refractivity contribution < 1.29 is 4.79 Å². The van der Waals surface area contributed by atoms with Crippen LogP contribution in [0.25, 0.3) is 0 Å². The van der Waals surface area contributed by atoms with E-state index in [-0.39, 0.29) is 5.91 Å². The molecule has 0 spiro atoms. The lowest BCUT2D eigenvalue weighted by Crippen LogP contribution is -2.53. The van der Waals surface area contributed by atoms with Crippen LogP contribution in [0.1, 0.15) is 5.56 Å². The summed E-state index contributed by atoms with van der Waals surface area (Å²) < 4.78 is 0. The standard InChI is InChI=1S/C17H26N4O/c1-15-3-2-4-16(13-15)20-11-9-19(10-12-20)14-17(22)21-7-5-18-6-8-21/h2-4,13,18H,5-12,14H2,1H3. The molecule has 2 aliphatic rings. The molecule has 2 fully saturated rings. The van der Waals surface area contributed by atoms with E-state index in [2.05, 4.69) is 46.3 Å². The molecule has 5 heteroatoms. The summed E-state index contributed by atoms with van der Waals surface area (Å²) >= 11 is 0. The molecule has 1 aromatic rings. The maximum atomic E-state index is 12.3. The number of amides is 1. The van der Waals surface area contributed by atoms with Gasteiger partial charge in [0.05, 0.1) is 6.54 Å². The molecule has 2 heterocycles. The van der Waals surface area contributed by atoms with Gasteiger partial charge in [-0.15, -0.1) is 0 Å². The lowest BCUT2D eigenvalue weighted by atomic mass is 10.2. The van der Waals surface area contributed by atoms with Gasteiger partial charge in [-0.05, 0) is 24.6 Å². The highest BCUT2D eigenvalue weighted by Gasteiger charge is 2.22. The summed E-state index contributed by atoms with van der Waals surface area (Å²) in [5.74, 6) is 0.283. The third-order valence-corrected chi connectivity index (χ3v) is 4.57. The van der Waals surface area contributed by atoms with Gasteiger partial charge in [-0.1, -0.05) is 12.1 Å². The van der Waals surface area contributed by atoms with Crippen molar-refractivity contribution in [3.8, 4) is 0 Å². The van der Waals surface area contributed by atoms with Crippen LogP contribution in [-0.4, -0.2) is 74.6 Å². The second kappa shape index (κ2) is 7.11. The number of aryl methyl sites for hydroxylation is 1. The number of nitrogens with zero attached hydrogens (tertiary/aromatic N) is 3. The molecule has 0 aliphatic carbocycles. The Morgan fingerprint density at radius 1 is 1.09 bits per heavy atom. The molecule has 0 aromatic heterocycles.